The van der Waals surface area contributed by atoms with Gasteiger partial charge in [-0.3, -0.25) is 4.79 Å². The lowest BCUT2D eigenvalue weighted by molar-refractivity contribution is -0.137. The molecule has 23 heavy (non-hydrogen) atoms. The molecule has 1 aromatic rings. The van der Waals surface area contributed by atoms with E-state index in [1.165, 1.54) is 12.1 Å². The van der Waals surface area contributed by atoms with E-state index >= 15 is 0 Å². The normalized spacial score (nSPS) is 13.7. The Morgan fingerprint density at radius 3 is 2.17 bits per heavy atom. The van der Waals surface area contributed by atoms with Crippen molar-refractivity contribution in [2.45, 2.75) is 39.3 Å². The number of carbonyl (C=O) groups excluding carboxylic acids is 1. The number of rotatable bonds is 6. The topological polar surface area (TPSA) is 46.3 Å². The number of benzene rings is 1. The molecule has 0 radical (unpaired) electrons. The van der Waals surface area contributed by atoms with Crippen molar-refractivity contribution in [2.24, 2.45) is 11.1 Å². The lowest BCUT2D eigenvalue weighted by Gasteiger charge is -2.29. The summed E-state index contributed by atoms with van der Waals surface area (Å²) in [7, 11) is 1.72. The van der Waals surface area contributed by atoms with Crippen molar-refractivity contribution in [2.75, 3.05) is 20.1 Å². The van der Waals surface area contributed by atoms with Gasteiger partial charge in [0, 0.05) is 20.0 Å². The van der Waals surface area contributed by atoms with E-state index in [0.29, 0.717) is 13.1 Å². The summed E-state index contributed by atoms with van der Waals surface area (Å²) in [5, 5.41) is 0. The van der Waals surface area contributed by atoms with Gasteiger partial charge < -0.3 is 10.6 Å². The van der Waals surface area contributed by atoms with Crippen molar-refractivity contribution < 1.29 is 18.0 Å². The predicted molar refractivity (Wildman–Crippen MR) is 84.9 cm³/mol. The highest BCUT2D eigenvalue weighted by Gasteiger charge is 2.30. The zero-order valence-electron chi connectivity index (χ0n) is 14.1. The molecule has 0 bridgehead atoms. The Morgan fingerprint density at radius 1 is 1.22 bits per heavy atom. The molecule has 130 valence electrons. The Labute approximate surface area is 135 Å². The zero-order valence-corrected chi connectivity index (χ0v) is 14.1. The molecular weight excluding hydrogens is 305 g/mol. The minimum Gasteiger partial charge on any atom is -0.345 e. The molecule has 1 rings (SSSR count). The molecule has 0 aliphatic heterocycles. The van der Waals surface area contributed by atoms with Crippen LogP contribution in [0.4, 0.5) is 13.2 Å². The van der Waals surface area contributed by atoms with Crippen molar-refractivity contribution >= 4 is 5.91 Å². The van der Waals surface area contributed by atoms with E-state index in [2.05, 4.69) is 0 Å². The molecule has 0 fully saturated rings. The first kappa shape index (κ1) is 19.5. The molecule has 1 amide bonds. The maximum Gasteiger partial charge on any atom is 0.416 e. The highest BCUT2D eigenvalue weighted by atomic mass is 19.4. The molecule has 0 aromatic heterocycles. The number of halogens is 3. The smallest absolute Gasteiger partial charge is 0.345 e. The Bertz CT molecular complexity index is 524. The second-order valence-corrected chi connectivity index (χ2v) is 6.84. The summed E-state index contributed by atoms with van der Waals surface area (Å²) in [6, 6.07) is 4.98. The third kappa shape index (κ3) is 5.86. The van der Waals surface area contributed by atoms with Gasteiger partial charge in [0.1, 0.15) is 0 Å². The number of hydrogen-bond donors (Lipinski definition) is 1. The molecule has 2 N–H and O–H groups in total. The highest BCUT2D eigenvalue weighted by molar-refractivity contribution is 5.76. The maximum atomic E-state index is 12.6. The van der Waals surface area contributed by atoms with Crippen LogP contribution in [0, 0.1) is 5.41 Å². The minimum atomic E-state index is -4.34. The fraction of sp³-hybridized carbons (Fsp3) is 0.588. The van der Waals surface area contributed by atoms with Crippen LogP contribution >= 0.6 is 0 Å². The summed E-state index contributed by atoms with van der Waals surface area (Å²) in [5.41, 5.74) is 5.54. The van der Waals surface area contributed by atoms with E-state index in [9.17, 15) is 18.0 Å². The third-order valence-corrected chi connectivity index (χ3v) is 3.93. The summed E-state index contributed by atoms with van der Waals surface area (Å²) in [6.45, 7) is 6.82. The predicted octanol–water partition coefficient (Wildman–Crippen LogP) is 3.64. The average Bonchev–Trinajstić information content (AvgIpc) is 2.46. The first-order chi connectivity index (χ1) is 10.5. The molecule has 1 unspecified atom stereocenters. The quantitative estimate of drug-likeness (QED) is 0.865. The Morgan fingerprint density at radius 2 is 1.74 bits per heavy atom. The largest absolute Gasteiger partial charge is 0.416 e. The van der Waals surface area contributed by atoms with Crippen LogP contribution in [0.15, 0.2) is 24.3 Å². The number of carbonyl (C=O) groups is 1. The van der Waals surface area contributed by atoms with Crippen LogP contribution in [-0.2, 0) is 11.0 Å². The van der Waals surface area contributed by atoms with E-state index in [1.807, 2.05) is 20.8 Å². The van der Waals surface area contributed by atoms with Crippen LogP contribution in [-0.4, -0.2) is 30.9 Å². The Balaban J connectivity index is 2.68. The van der Waals surface area contributed by atoms with Gasteiger partial charge in [-0.2, -0.15) is 13.2 Å². The van der Waals surface area contributed by atoms with Gasteiger partial charge in [-0.25, -0.2) is 0 Å². The summed E-state index contributed by atoms with van der Waals surface area (Å²) in [4.78, 5) is 13.9. The molecule has 0 saturated heterocycles. The number of nitrogens with zero attached hydrogens (tertiary/aromatic N) is 1. The first-order valence-electron chi connectivity index (χ1n) is 7.57. The molecule has 6 heteroatoms. The monoisotopic (exact) mass is 330 g/mol. The van der Waals surface area contributed by atoms with Crippen molar-refractivity contribution in [3.05, 3.63) is 35.4 Å². The molecule has 0 aliphatic carbocycles. The van der Waals surface area contributed by atoms with Crippen LogP contribution in [0.2, 0.25) is 0 Å². The maximum absolute atomic E-state index is 12.6. The van der Waals surface area contributed by atoms with Crippen molar-refractivity contribution in [1.82, 2.24) is 4.90 Å². The van der Waals surface area contributed by atoms with E-state index in [-0.39, 0.29) is 23.7 Å². The summed E-state index contributed by atoms with van der Waals surface area (Å²) in [5.74, 6) is -0.188. The van der Waals surface area contributed by atoms with Gasteiger partial charge in [0.15, 0.2) is 0 Å². The van der Waals surface area contributed by atoms with Gasteiger partial charge in [0.25, 0.3) is 0 Å². The second-order valence-electron chi connectivity index (χ2n) is 6.84. The van der Waals surface area contributed by atoms with Gasteiger partial charge in [-0.1, -0.05) is 32.9 Å². The number of alkyl halides is 3. The Hall–Kier alpha value is -1.56. The lowest BCUT2D eigenvalue weighted by Crippen LogP contribution is -2.40. The molecule has 0 spiro atoms. The summed E-state index contributed by atoms with van der Waals surface area (Å²) in [6.07, 6.45) is -4.09. The van der Waals surface area contributed by atoms with Gasteiger partial charge in [0.2, 0.25) is 5.91 Å². The van der Waals surface area contributed by atoms with Crippen molar-refractivity contribution in [3.8, 4) is 0 Å². The van der Waals surface area contributed by atoms with Crippen LogP contribution in [0.5, 0.6) is 0 Å². The molecule has 3 nitrogen and oxygen atoms in total. The minimum absolute atomic E-state index is 0.0427. The molecule has 1 atom stereocenters. The van der Waals surface area contributed by atoms with E-state index < -0.39 is 11.7 Å². The van der Waals surface area contributed by atoms with Crippen molar-refractivity contribution in [3.63, 3.8) is 0 Å². The average molecular weight is 330 g/mol. The molecule has 1 aromatic carbocycles. The van der Waals surface area contributed by atoms with Crippen LogP contribution in [0.3, 0.4) is 0 Å². The number of nitrogens with two attached hydrogens (primary N) is 1. The third-order valence-electron chi connectivity index (χ3n) is 3.93. The van der Waals surface area contributed by atoms with Crippen molar-refractivity contribution in [1.29, 1.82) is 0 Å². The molecule has 0 saturated carbocycles. The van der Waals surface area contributed by atoms with Gasteiger partial charge in [0.05, 0.1) is 5.56 Å². The molecule has 0 aliphatic rings. The van der Waals surface area contributed by atoms with Crippen LogP contribution in [0.25, 0.3) is 0 Å². The van der Waals surface area contributed by atoms with E-state index in [4.69, 9.17) is 5.73 Å². The van der Waals surface area contributed by atoms with E-state index in [0.717, 1.165) is 17.7 Å². The fourth-order valence-corrected chi connectivity index (χ4v) is 2.33. The molecule has 0 heterocycles. The second kappa shape index (κ2) is 7.34. The van der Waals surface area contributed by atoms with Gasteiger partial charge in [-0.15, -0.1) is 0 Å². The lowest BCUT2D eigenvalue weighted by atomic mass is 9.92. The standard InChI is InChI=1S/C17H25F3N2O/c1-12(9-15(23)22(4)11-16(2,3)10-21)13-5-7-14(8-6-13)17(18,19)20/h5-8,12H,9-11,21H2,1-4H3. The van der Waals surface area contributed by atoms with Gasteiger partial charge in [-0.05, 0) is 35.6 Å². The molecular formula is C17H25F3N2O. The SMILES string of the molecule is CC(CC(=O)N(C)CC(C)(C)CN)c1ccc(C(F)(F)F)cc1. The van der Waals surface area contributed by atoms with Gasteiger partial charge >= 0.3 is 6.18 Å². The van der Waals surface area contributed by atoms with E-state index in [1.54, 1.807) is 11.9 Å². The van der Waals surface area contributed by atoms with Crippen LogP contribution < -0.4 is 5.73 Å². The Kier molecular flexibility index (Phi) is 6.22. The fourth-order valence-electron chi connectivity index (χ4n) is 2.33. The summed E-state index contributed by atoms with van der Waals surface area (Å²) < 4.78 is 37.7. The zero-order chi connectivity index (χ0) is 17.8. The van der Waals surface area contributed by atoms with Crippen LogP contribution in [0.1, 0.15) is 44.2 Å². The number of amides is 1. The summed E-state index contributed by atoms with van der Waals surface area (Å²) >= 11 is 0. The highest BCUT2D eigenvalue weighted by Crippen LogP contribution is 2.30. The first-order valence-corrected chi connectivity index (χ1v) is 7.57. The number of hydrogen-bond acceptors (Lipinski definition) is 2.